The Hall–Kier alpha value is -2.93. The average molecular weight is 368 g/mol. The number of aliphatic imine (C=N–C) groups is 2. The van der Waals surface area contributed by atoms with Crippen molar-refractivity contribution in [1.29, 1.82) is 0 Å². The van der Waals surface area contributed by atoms with Gasteiger partial charge in [-0.05, 0) is 36.4 Å². The van der Waals surface area contributed by atoms with E-state index >= 15 is 0 Å². The van der Waals surface area contributed by atoms with Gasteiger partial charge in [0.25, 0.3) is 0 Å². The number of ether oxygens (including phenoxy) is 1. The number of methoxy groups -OCH3 is 1. The predicted molar refractivity (Wildman–Crippen MR) is 100 cm³/mol. The monoisotopic (exact) mass is 368 g/mol. The van der Waals surface area contributed by atoms with Crippen LogP contribution >= 0.6 is 11.8 Å². The molecule has 6 nitrogen and oxygen atoms in total. The first kappa shape index (κ1) is 16.5. The first-order chi connectivity index (χ1) is 12.8. The number of phenolic OH excluding ortho intramolecular Hbond substituents is 1. The molecule has 0 spiro atoms. The highest BCUT2D eigenvalue weighted by molar-refractivity contribution is 8.14. The standard InChI is InChI=1S/C19H16N2O4S/c1-23-14-6-2-5-12(17(14)22)11-20-19-21-16(13-7-3-9-24-13)18(26-19)15-8-4-10-25-15/h2-11,16,18,22H,1H3/t16-,18+/m0/s1. The van der Waals surface area contributed by atoms with E-state index in [0.29, 0.717) is 16.5 Å². The molecule has 1 aliphatic heterocycles. The third-order valence-electron chi connectivity index (χ3n) is 3.99. The molecule has 0 unspecified atom stereocenters. The van der Waals surface area contributed by atoms with E-state index < -0.39 is 0 Å². The molecule has 0 bridgehead atoms. The summed E-state index contributed by atoms with van der Waals surface area (Å²) < 4.78 is 16.2. The van der Waals surface area contributed by atoms with Crippen molar-refractivity contribution in [3.05, 3.63) is 72.1 Å². The molecule has 0 fully saturated rings. The maximum Gasteiger partial charge on any atom is 0.184 e. The molecule has 3 aromatic rings. The summed E-state index contributed by atoms with van der Waals surface area (Å²) in [5.74, 6) is 2.02. The zero-order valence-corrected chi connectivity index (χ0v) is 14.7. The fraction of sp³-hybridized carbons (Fsp3) is 0.158. The van der Waals surface area contributed by atoms with Crippen molar-refractivity contribution in [1.82, 2.24) is 0 Å². The van der Waals surface area contributed by atoms with Crippen LogP contribution in [0.5, 0.6) is 11.5 Å². The number of thioether (sulfide) groups is 1. The number of hydrogen-bond acceptors (Lipinski definition) is 7. The summed E-state index contributed by atoms with van der Waals surface area (Å²) in [5.41, 5.74) is 0.559. The van der Waals surface area contributed by atoms with E-state index in [9.17, 15) is 5.11 Å². The topological polar surface area (TPSA) is 80.5 Å². The molecule has 3 heterocycles. The minimum absolute atomic E-state index is 0.0486. The smallest absolute Gasteiger partial charge is 0.184 e. The van der Waals surface area contributed by atoms with Crippen LogP contribution in [0.4, 0.5) is 0 Å². The van der Waals surface area contributed by atoms with E-state index in [0.717, 1.165) is 11.5 Å². The maximum absolute atomic E-state index is 10.2. The highest BCUT2D eigenvalue weighted by Gasteiger charge is 2.36. The van der Waals surface area contributed by atoms with Crippen LogP contribution in [0.1, 0.15) is 28.4 Å². The third kappa shape index (κ3) is 3.13. The molecule has 0 aliphatic carbocycles. The van der Waals surface area contributed by atoms with Crippen molar-refractivity contribution < 1.29 is 18.7 Å². The number of benzene rings is 1. The molecule has 0 radical (unpaired) electrons. The van der Waals surface area contributed by atoms with Gasteiger partial charge in [-0.25, -0.2) is 9.98 Å². The Morgan fingerprint density at radius 3 is 2.58 bits per heavy atom. The molecule has 0 amide bonds. The predicted octanol–water partition coefficient (Wildman–Crippen LogP) is 4.59. The van der Waals surface area contributed by atoms with Gasteiger partial charge in [-0.3, -0.25) is 0 Å². The lowest BCUT2D eigenvalue weighted by Crippen LogP contribution is -1.99. The van der Waals surface area contributed by atoms with Crippen LogP contribution in [0.3, 0.4) is 0 Å². The largest absolute Gasteiger partial charge is 0.504 e. The lowest BCUT2D eigenvalue weighted by Gasteiger charge is -2.11. The van der Waals surface area contributed by atoms with Gasteiger partial charge in [-0.2, -0.15) is 0 Å². The van der Waals surface area contributed by atoms with Crippen LogP contribution < -0.4 is 4.74 Å². The number of nitrogens with zero attached hydrogens (tertiary/aromatic N) is 2. The molecule has 0 saturated heterocycles. The average Bonchev–Trinajstić information content (AvgIpc) is 3.40. The van der Waals surface area contributed by atoms with Crippen LogP contribution in [0, 0.1) is 0 Å². The fourth-order valence-corrected chi connectivity index (χ4v) is 3.82. The number of rotatable bonds is 4. The molecule has 2 atom stereocenters. The van der Waals surface area contributed by atoms with Crippen molar-refractivity contribution in [2.24, 2.45) is 9.98 Å². The summed E-state index contributed by atoms with van der Waals surface area (Å²) in [4.78, 5) is 9.11. The van der Waals surface area contributed by atoms with Gasteiger partial charge in [-0.1, -0.05) is 17.8 Å². The van der Waals surface area contributed by atoms with E-state index in [2.05, 4.69) is 9.98 Å². The Kier molecular flexibility index (Phi) is 4.53. The molecule has 1 aromatic carbocycles. The lowest BCUT2D eigenvalue weighted by atomic mass is 10.1. The maximum atomic E-state index is 10.2. The molecular weight excluding hydrogens is 352 g/mol. The van der Waals surface area contributed by atoms with Crippen LogP contribution in [0.15, 0.2) is 73.8 Å². The Morgan fingerprint density at radius 2 is 1.88 bits per heavy atom. The number of phenols is 1. The molecule has 4 rings (SSSR count). The Labute approximate surface area is 154 Å². The van der Waals surface area contributed by atoms with E-state index in [1.807, 2.05) is 24.3 Å². The number of hydrogen-bond donors (Lipinski definition) is 1. The molecule has 7 heteroatoms. The summed E-state index contributed by atoms with van der Waals surface area (Å²) in [6.07, 6.45) is 4.85. The SMILES string of the molecule is COc1cccc(C=NC2=N[C@@H](c3ccco3)[C@@H](c3ccco3)S2)c1O. The molecule has 132 valence electrons. The van der Waals surface area contributed by atoms with E-state index in [1.54, 1.807) is 36.9 Å². The third-order valence-corrected chi connectivity index (χ3v) is 5.16. The lowest BCUT2D eigenvalue weighted by molar-refractivity contribution is 0.373. The normalized spacial score (nSPS) is 19.8. The van der Waals surface area contributed by atoms with Crippen molar-refractivity contribution >= 4 is 23.1 Å². The second-order valence-corrected chi connectivity index (χ2v) is 6.69. The number of amidine groups is 1. The minimum atomic E-state index is -0.216. The van der Waals surface area contributed by atoms with Gasteiger partial charge in [-0.15, -0.1) is 0 Å². The zero-order chi connectivity index (χ0) is 17.9. The fourth-order valence-electron chi connectivity index (χ4n) is 2.73. The van der Waals surface area contributed by atoms with Crippen LogP contribution in [0.2, 0.25) is 0 Å². The first-order valence-electron chi connectivity index (χ1n) is 7.97. The van der Waals surface area contributed by atoms with E-state index in [4.69, 9.17) is 13.6 Å². The van der Waals surface area contributed by atoms with Gasteiger partial charge in [0.1, 0.15) is 22.8 Å². The highest BCUT2D eigenvalue weighted by atomic mass is 32.2. The van der Waals surface area contributed by atoms with Crippen molar-refractivity contribution in [3.8, 4) is 11.5 Å². The van der Waals surface area contributed by atoms with Gasteiger partial charge in [0.05, 0.1) is 19.6 Å². The van der Waals surface area contributed by atoms with Gasteiger partial charge < -0.3 is 18.7 Å². The molecule has 0 saturated carbocycles. The molecule has 1 aliphatic rings. The van der Waals surface area contributed by atoms with Crippen molar-refractivity contribution in [2.75, 3.05) is 7.11 Å². The van der Waals surface area contributed by atoms with Gasteiger partial charge in [0, 0.05) is 11.8 Å². The molecule has 26 heavy (non-hydrogen) atoms. The summed E-state index contributed by atoms with van der Waals surface area (Å²) in [6, 6.07) is 12.5. The Bertz CT molecular complexity index is 933. The van der Waals surface area contributed by atoms with E-state index in [-0.39, 0.29) is 17.0 Å². The van der Waals surface area contributed by atoms with Gasteiger partial charge in [0.15, 0.2) is 16.7 Å². The van der Waals surface area contributed by atoms with Crippen LogP contribution in [-0.2, 0) is 0 Å². The summed E-state index contributed by atoms with van der Waals surface area (Å²) >= 11 is 1.50. The van der Waals surface area contributed by atoms with E-state index in [1.165, 1.54) is 18.9 Å². The summed E-state index contributed by atoms with van der Waals surface area (Å²) in [7, 11) is 1.51. The zero-order valence-electron chi connectivity index (χ0n) is 13.9. The van der Waals surface area contributed by atoms with Crippen molar-refractivity contribution in [3.63, 3.8) is 0 Å². The number of furan rings is 2. The van der Waals surface area contributed by atoms with Gasteiger partial charge >= 0.3 is 0 Å². The summed E-state index contributed by atoms with van der Waals surface area (Å²) in [6.45, 7) is 0. The minimum Gasteiger partial charge on any atom is -0.504 e. The van der Waals surface area contributed by atoms with Crippen LogP contribution in [-0.4, -0.2) is 23.6 Å². The first-order valence-corrected chi connectivity index (χ1v) is 8.85. The molecule has 2 aromatic heterocycles. The Balaban J connectivity index is 1.62. The van der Waals surface area contributed by atoms with Gasteiger partial charge in [0.2, 0.25) is 0 Å². The molecular formula is C19H16N2O4S. The second-order valence-electron chi connectivity index (χ2n) is 5.58. The second kappa shape index (κ2) is 7.13. The summed E-state index contributed by atoms with van der Waals surface area (Å²) in [5, 5.41) is 10.7. The van der Waals surface area contributed by atoms with Crippen LogP contribution in [0.25, 0.3) is 0 Å². The Morgan fingerprint density at radius 1 is 1.12 bits per heavy atom. The number of aromatic hydroxyl groups is 1. The highest BCUT2D eigenvalue weighted by Crippen LogP contribution is 2.49. The number of para-hydroxylation sites is 1. The quantitative estimate of drug-likeness (QED) is 0.681. The van der Waals surface area contributed by atoms with Crippen molar-refractivity contribution in [2.45, 2.75) is 11.3 Å². The molecule has 1 N–H and O–H groups in total.